The van der Waals surface area contributed by atoms with Gasteiger partial charge in [-0.05, 0) is 59.8 Å². The molecule has 0 saturated heterocycles. The molecule has 4 nitrogen and oxygen atoms in total. The van der Waals surface area contributed by atoms with Gasteiger partial charge in [-0.2, -0.15) is 13.2 Å². The number of rotatable bonds is 6. The van der Waals surface area contributed by atoms with Crippen LogP contribution in [0.3, 0.4) is 0 Å². The van der Waals surface area contributed by atoms with Crippen LogP contribution in [0, 0.1) is 3.57 Å². The maximum atomic E-state index is 12.8. The van der Waals surface area contributed by atoms with E-state index >= 15 is 0 Å². The molecular formula is C17H15F3INO3. The average molecular weight is 465 g/mol. The van der Waals surface area contributed by atoms with E-state index in [1.54, 1.807) is 24.3 Å². The number of anilines is 1. The maximum absolute atomic E-state index is 12.8. The smallest absolute Gasteiger partial charge is 0.416 e. The number of benzene rings is 2. The summed E-state index contributed by atoms with van der Waals surface area (Å²) in [6, 6.07) is 10.00. The largest absolute Gasteiger partial charge is 0.490 e. The lowest BCUT2D eigenvalue weighted by atomic mass is 10.2. The molecule has 1 N–H and O–H groups in total. The molecule has 0 saturated carbocycles. The second-order valence-corrected chi connectivity index (χ2v) is 6.07. The highest BCUT2D eigenvalue weighted by molar-refractivity contribution is 14.1. The predicted molar refractivity (Wildman–Crippen MR) is 95.9 cm³/mol. The van der Waals surface area contributed by atoms with Gasteiger partial charge in [0, 0.05) is 3.57 Å². The molecule has 2 aromatic rings. The van der Waals surface area contributed by atoms with Gasteiger partial charge < -0.3 is 14.8 Å². The van der Waals surface area contributed by atoms with Crippen LogP contribution in [0.5, 0.6) is 11.5 Å². The number of carbonyl (C=O) groups excluding carboxylic acids is 1. The monoisotopic (exact) mass is 465 g/mol. The molecule has 0 aliphatic rings. The van der Waals surface area contributed by atoms with Crippen LogP contribution in [-0.4, -0.2) is 19.1 Å². The zero-order valence-electron chi connectivity index (χ0n) is 13.2. The molecule has 134 valence electrons. The van der Waals surface area contributed by atoms with E-state index in [2.05, 4.69) is 5.32 Å². The fraction of sp³-hybridized carbons (Fsp3) is 0.235. The molecule has 0 fully saturated rings. The summed E-state index contributed by atoms with van der Waals surface area (Å²) in [4.78, 5) is 12.0. The molecule has 8 heteroatoms. The van der Waals surface area contributed by atoms with Gasteiger partial charge in [0.1, 0.15) is 0 Å². The van der Waals surface area contributed by atoms with Gasteiger partial charge in [-0.3, -0.25) is 4.79 Å². The summed E-state index contributed by atoms with van der Waals surface area (Å²) in [5.41, 5.74) is -0.743. The fourth-order valence-electron chi connectivity index (χ4n) is 1.97. The highest BCUT2D eigenvalue weighted by Crippen LogP contribution is 2.32. The molecule has 0 aliphatic heterocycles. The third-order valence-electron chi connectivity index (χ3n) is 3.08. The number of para-hydroxylation sites is 2. The maximum Gasteiger partial charge on any atom is 0.416 e. The van der Waals surface area contributed by atoms with E-state index in [1.165, 1.54) is 6.07 Å². The minimum Gasteiger partial charge on any atom is -0.490 e. The Morgan fingerprint density at radius 3 is 2.36 bits per heavy atom. The van der Waals surface area contributed by atoms with Crippen LogP contribution in [0.15, 0.2) is 42.5 Å². The first-order valence-electron chi connectivity index (χ1n) is 7.32. The molecule has 0 heterocycles. The van der Waals surface area contributed by atoms with E-state index < -0.39 is 17.6 Å². The Morgan fingerprint density at radius 2 is 1.76 bits per heavy atom. The molecule has 0 aromatic heterocycles. The van der Waals surface area contributed by atoms with Crippen LogP contribution in [0.25, 0.3) is 0 Å². The summed E-state index contributed by atoms with van der Waals surface area (Å²) >= 11 is 1.85. The lowest BCUT2D eigenvalue weighted by Gasteiger charge is -2.13. The first kappa shape index (κ1) is 19.4. The summed E-state index contributed by atoms with van der Waals surface area (Å²) in [7, 11) is 0. The predicted octanol–water partition coefficient (Wildman–Crippen LogP) is 4.73. The number of hydrogen-bond donors (Lipinski definition) is 1. The molecule has 0 unspecified atom stereocenters. The molecule has 0 aliphatic carbocycles. The minimum atomic E-state index is -4.48. The van der Waals surface area contributed by atoms with Crippen LogP contribution < -0.4 is 14.8 Å². The van der Waals surface area contributed by atoms with Gasteiger partial charge in [0.25, 0.3) is 5.91 Å². The van der Waals surface area contributed by atoms with Crippen molar-refractivity contribution >= 4 is 34.2 Å². The van der Waals surface area contributed by atoms with Crippen LogP contribution in [0.1, 0.15) is 12.5 Å². The fourth-order valence-corrected chi connectivity index (χ4v) is 2.44. The van der Waals surface area contributed by atoms with Gasteiger partial charge in [0.15, 0.2) is 18.1 Å². The van der Waals surface area contributed by atoms with Gasteiger partial charge in [-0.15, -0.1) is 0 Å². The van der Waals surface area contributed by atoms with Crippen molar-refractivity contribution in [1.29, 1.82) is 0 Å². The molecule has 1 amide bonds. The highest BCUT2D eigenvalue weighted by Gasteiger charge is 2.31. The van der Waals surface area contributed by atoms with Crippen molar-refractivity contribution in [3.63, 3.8) is 0 Å². The second kappa shape index (κ2) is 8.41. The number of hydrogen-bond acceptors (Lipinski definition) is 3. The Hall–Kier alpha value is -1.97. The number of amides is 1. The van der Waals surface area contributed by atoms with Crippen molar-refractivity contribution in [2.24, 2.45) is 0 Å². The normalized spacial score (nSPS) is 11.1. The molecule has 0 bridgehead atoms. The Bertz CT molecular complexity index is 750. The Labute approximate surface area is 156 Å². The topological polar surface area (TPSA) is 47.6 Å². The van der Waals surface area contributed by atoms with Gasteiger partial charge in [-0.1, -0.05) is 12.1 Å². The highest BCUT2D eigenvalue weighted by atomic mass is 127. The van der Waals surface area contributed by atoms with E-state index in [4.69, 9.17) is 9.47 Å². The molecule has 0 radical (unpaired) electrons. The number of ether oxygens (including phenoxy) is 2. The zero-order chi connectivity index (χ0) is 18.4. The molecule has 0 spiro atoms. The summed E-state index contributed by atoms with van der Waals surface area (Å²) in [5, 5.41) is 2.43. The molecule has 0 atom stereocenters. The van der Waals surface area contributed by atoms with E-state index in [1.807, 2.05) is 29.5 Å². The number of halogens is 4. The van der Waals surface area contributed by atoms with Crippen molar-refractivity contribution in [3.8, 4) is 11.5 Å². The summed E-state index contributed by atoms with van der Waals surface area (Å²) in [6.45, 7) is 1.91. The first-order chi connectivity index (χ1) is 11.8. The van der Waals surface area contributed by atoms with Gasteiger partial charge in [0.2, 0.25) is 0 Å². The lowest BCUT2D eigenvalue weighted by molar-refractivity contribution is -0.137. The van der Waals surface area contributed by atoms with Gasteiger partial charge in [-0.25, -0.2) is 0 Å². The van der Waals surface area contributed by atoms with E-state index in [9.17, 15) is 18.0 Å². The first-order valence-corrected chi connectivity index (χ1v) is 8.40. The number of carbonyl (C=O) groups is 1. The molecule has 2 rings (SSSR count). The van der Waals surface area contributed by atoms with Crippen molar-refractivity contribution in [1.82, 2.24) is 0 Å². The van der Waals surface area contributed by atoms with Crippen molar-refractivity contribution in [2.45, 2.75) is 13.1 Å². The lowest BCUT2D eigenvalue weighted by Crippen LogP contribution is -2.21. The van der Waals surface area contributed by atoms with Crippen LogP contribution in [0.4, 0.5) is 18.9 Å². The van der Waals surface area contributed by atoms with Crippen molar-refractivity contribution < 1.29 is 27.4 Å². The van der Waals surface area contributed by atoms with Crippen LogP contribution in [0.2, 0.25) is 0 Å². The van der Waals surface area contributed by atoms with Crippen LogP contribution >= 0.6 is 22.6 Å². The quantitative estimate of drug-likeness (QED) is 0.628. The van der Waals surface area contributed by atoms with Crippen LogP contribution in [-0.2, 0) is 11.0 Å². The number of nitrogens with one attached hydrogen (secondary N) is 1. The Balaban J connectivity index is 2.04. The van der Waals surface area contributed by atoms with E-state index in [-0.39, 0.29) is 12.3 Å². The molecule has 25 heavy (non-hydrogen) atoms. The zero-order valence-corrected chi connectivity index (χ0v) is 15.3. The Kier molecular flexibility index (Phi) is 6.51. The number of alkyl halides is 3. The molecular weight excluding hydrogens is 450 g/mol. The third kappa shape index (κ3) is 5.52. The van der Waals surface area contributed by atoms with Gasteiger partial charge in [0.05, 0.1) is 17.9 Å². The van der Waals surface area contributed by atoms with Crippen molar-refractivity contribution in [2.75, 3.05) is 18.5 Å². The Morgan fingerprint density at radius 1 is 1.12 bits per heavy atom. The molecule has 2 aromatic carbocycles. The average Bonchev–Trinajstić information content (AvgIpc) is 2.55. The third-order valence-corrected chi connectivity index (χ3v) is 4.02. The standard InChI is InChI=1S/C17H15F3INO3/c1-2-24-14-5-3-4-6-15(14)25-10-16(23)22-13-9-11(17(18,19)20)7-8-12(13)21/h3-9H,2,10H2,1H3,(H,22,23). The SMILES string of the molecule is CCOc1ccccc1OCC(=O)Nc1cc(C(F)(F)F)ccc1I. The van der Waals surface area contributed by atoms with Gasteiger partial charge >= 0.3 is 6.18 Å². The summed E-state index contributed by atoms with van der Waals surface area (Å²) in [5.74, 6) is 0.313. The minimum absolute atomic E-state index is 0.0853. The summed E-state index contributed by atoms with van der Waals surface area (Å²) < 4.78 is 49.6. The van der Waals surface area contributed by atoms with E-state index in [0.29, 0.717) is 21.7 Å². The van der Waals surface area contributed by atoms with E-state index in [0.717, 1.165) is 12.1 Å². The van der Waals surface area contributed by atoms with Crippen molar-refractivity contribution in [3.05, 3.63) is 51.6 Å². The second-order valence-electron chi connectivity index (χ2n) is 4.91. The summed E-state index contributed by atoms with van der Waals surface area (Å²) in [6.07, 6.45) is -4.48.